The smallest absolute Gasteiger partial charge is 0.316 e. The van der Waals surface area contributed by atoms with Gasteiger partial charge in [0.2, 0.25) is 0 Å². The first kappa shape index (κ1) is 14.8. The molecule has 0 saturated carbocycles. The summed E-state index contributed by atoms with van der Waals surface area (Å²) in [7, 11) is 1.52. The first-order valence-electron chi connectivity index (χ1n) is 7.39. The number of amides is 1. The number of pyridine rings is 1. The number of carbonyl (C=O) groups excluding carboxylic acids is 1. The fourth-order valence-corrected chi connectivity index (χ4v) is 2.38. The summed E-state index contributed by atoms with van der Waals surface area (Å²) < 4.78 is 5.05. The van der Waals surface area contributed by atoms with E-state index in [9.17, 15) is 4.79 Å². The van der Waals surface area contributed by atoms with Crippen molar-refractivity contribution in [1.82, 2.24) is 30.1 Å². The average Bonchev–Trinajstić information content (AvgIpc) is 3.31. The molecule has 0 saturated heterocycles. The van der Waals surface area contributed by atoms with Gasteiger partial charge < -0.3 is 15.0 Å². The lowest BCUT2D eigenvalue weighted by Crippen LogP contribution is -2.11. The lowest BCUT2D eigenvalue weighted by atomic mass is 10.2. The highest BCUT2D eigenvalue weighted by molar-refractivity contribution is 6.04. The van der Waals surface area contributed by atoms with Crippen LogP contribution in [0.2, 0.25) is 0 Å². The van der Waals surface area contributed by atoms with Gasteiger partial charge in [0.25, 0.3) is 5.91 Å². The predicted molar refractivity (Wildman–Crippen MR) is 90.2 cm³/mol. The monoisotopic (exact) mass is 335 g/mol. The number of methoxy groups -OCH3 is 1. The molecule has 0 atom stereocenters. The molecule has 0 bridgehead atoms. The quantitative estimate of drug-likeness (QED) is 0.524. The SMILES string of the molecule is COc1nccc(-c2cc3cnc(NC(=O)c4cn[nH]c4)cc3[nH]2)n1. The van der Waals surface area contributed by atoms with Crippen molar-refractivity contribution >= 4 is 22.6 Å². The minimum atomic E-state index is -0.284. The van der Waals surface area contributed by atoms with Crippen LogP contribution >= 0.6 is 0 Å². The highest BCUT2D eigenvalue weighted by atomic mass is 16.5. The van der Waals surface area contributed by atoms with Gasteiger partial charge in [-0.05, 0) is 12.1 Å². The van der Waals surface area contributed by atoms with Crippen molar-refractivity contribution in [2.45, 2.75) is 0 Å². The summed E-state index contributed by atoms with van der Waals surface area (Å²) in [4.78, 5) is 27.9. The standard InChI is InChI=1S/C16H13N7O2/c1-25-16-17-3-2-11(22-16)13-4-9-6-18-14(5-12(9)21-13)23-15(24)10-7-19-20-8-10/h2-8,21H,1H3,(H,19,20)(H,18,23,24). The zero-order valence-electron chi connectivity index (χ0n) is 13.1. The largest absolute Gasteiger partial charge is 0.467 e. The lowest BCUT2D eigenvalue weighted by Gasteiger charge is -2.02. The van der Waals surface area contributed by atoms with Crippen LogP contribution in [-0.2, 0) is 0 Å². The number of hydrogen-bond acceptors (Lipinski definition) is 6. The summed E-state index contributed by atoms with van der Waals surface area (Å²) in [5.41, 5.74) is 2.76. The van der Waals surface area contributed by atoms with Crippen molar-refractivity contribution in [3.8, 4) is 17.4 Å². The third kappa shape index (κ3) is 2.90. The third-order valence-electron chi connectivity index (χ3n) is 3.60. The number of fused-ring (bicyclic) bond motifs is 1. The van der Waals surface area contributed by atoms with Gasteiger partial charge in [-0.2, -0.15) is 10.1 Å². The van der Waals surface area contributed by atoms with Gasteiger partial charge in [-0.3, -0.25) is 9.89 Å². The van der Waals surface area contributed by atoms with Crippen molar-refractivity contribution in [3.63, 3.8) is 0 Å². The van der Waals surface area contributed by atoms with E-state index < -0.39 is 0 Å². The van der Waals surface area contributed by atoms with Crippen molar-refractivity contribution in [2.24, 2.45) is 0 Å². The van der Waals surface area contributed by atoms with Gasteiger partial charge in [-0.15, -0.1) is 0 Å². The molecule has 1 amide bonds. The topological polar surface area (TPSA) is 121 Å². The second-order valence-electron chi connectivity index (χ2n) is 5.21. The fraction of sp³-hybridized carbons (Fsp3) is 0.0625. The molecule has 25 heavy (non-hydrogen) atoms. The Hall–Kier alpha value is -3.75. The van der Waals surface area contributed by atoms with Gasteiger partial charge >= 0.3 is 6.01 Å². The van der Waals surface area contributed by atoms with E-state index in [2.05, 4.69) is 35.5 Å². The third-order valence-corrected chi connectivity index (χ3v) is 3.60. The van der Waals surface area contributed by atoms with Crippen LogP contribution in [0.4, 0.5) is 5.82 Å². The van der Waals surface area contributed by atoms with Crippen LogP contribution in [0, 0.1) is 0 Å². The van der Waals surface area contributed by atoms with Gasteiger partial charge in [0.15, 0.2) is 0 Å². The van der Waals surface area contributed by atoms with E-state index in [0.29, 0.717) is 23.1 Å². The summed E-state index contributed by atoms with van der Waals surface area (Å²) in [6, 6.07) is 5.76. The number of aromatic nitrogens is 6. The minimum Gasteiger partial charge on any atom is -0.467 e. The number of anilines is 1. The highest BCUT2D eigenvalue weighted by Gasteiger charge is 2.10. The van der Waals surface area contributed by atoms with E-state index in [1.807, 2.05) is 6.07 Å². The maximum absolute atomic E-state index is 12.1. The number of carbonyl (C=O) groups is 1. The molecule has 0 unspecified atom stereocenters. The lowest BCUT2D eigenvalue weighted by molar-refractivity contribution is 0.102. The number of nitrogens with zero attached hydrogens (tertiary/aromatic N) is 4. The average molecular weight is 335 g/mol. The molecule has 0 radical (unpaired) electrons. The van der Waals surface area contributed by atoms with Crippen LogP contribution in [0.15, 0.2) is 43.0 Å². The number of rotatable bonds is 4. The van der Waals surface area contributed by atoms with Gasteiger partial charge in [-0.25, -0.2) is 9.97 Å². The number of H-pyrrole nitrogens is 2. The molecule has 4 aromatic heterocycles. The summed E-state index contributed by atoms with van der Waals surface area (Å²) in [6.45, 7) is 0. The van der Waals surface area contributed by atoms with Crippen LogP contribution in [0.5, 0.6) is 6.01 Å². The van der Waals surface area contributed by atoms with Crippen molar-refractivity contribution in [3.05, 3.63) is 48.5 Å². The minimum absolute atomic E-state index is 0.284. The van der Waals surface area contributed by atoms with Crippen LogP contribution in [0.1, 0.15) is 10.4 Å². The number of ether oxygens (including phenoxy) is 1. The van der Waals surface area contributed by atoms with E-state index in [1.54, 1.807) is 24.5 Å². The van der Waals surface area contributed by atoms with Crippen LogP contribution in [0.3, 0.4) is 0 Å². The molecule has 3 N–H and O–H groups in total. The second kappa shape index (κ2) is 6.04. The van der Waals surface area contributed by atoms with Crippen molar-refractivity contribution in [1.29, 1.82) is 0 Å². The van der Waals surface area contributed by atoms with Gasteiger partial charge in [0.05, 0.1) is 35.8 Å². The summed E-state index contributed by atoms with van der Waals surface area (Å²) >= 11 is 0. The Labute approximate surface area is 141 Å². The molecule has 4 aromatic rings. The molecule has 4 heterocycles. The molecule has 0 aliphatic rings. The molecular formula is C16H13N7O2. The number of aromatic amines is 2. The molecular weight excluding hydrogens is 322 g/mol. The van der Waals surface area contributed by atoms with Gasteiger partial charge in [-0.1, -0.05) is 0 Å². The molecule has 0 spiro atoms. The Balaban J connectivity index is 1.64. The maximum atomic E-state index is 12.1. The van der Waals surface area contributed by atoms with E-state index in [1.165, 1.54) is 19.5 Å². The zero-order valence-corrected chi connectivity index (χ0v) is 13.1. The Bertz CT molecular complexity index is 1040. The molecule has 4 rings (SSSR count). The van der Waals surface area contributed by atoms with E-state index in [0.717, 1.165) is 16.6 Å². The molecule has 0 fully saturated rings. The fourth-order valence-electron chi connectivity index (χ4n) is 2.38. The highest BCUT2D eigenvalue weighted by Crippen LogP contribution is 2.24. The molecule has 0 aliphatic carbocycles. The Morgan fingerprint density at radius 2 is 2.16 bits per heavy atom. The molecule has 9 nitrogen and oxygen atoms in total. The first-order valence-corrected chi connectivity index (χ1v) is 7.39. The predicted octanol–water partition coefficient (Wildman–Crippen LogP) is 2.00. The normalized spacial score (nSPS) is 10.8. The Kier molecular flexibility index (Phi) is 3.58. The van der Waals surface area contributed by atoms with E-state index >= 15 is 0 Å². The van der Waals surface area contributed by atoms with Crippen LogP contribution in [0.25, 0.3) is 22.3 Å². The van der Waals surface area contributed by atoms with Crippen molar-refractivity contribution < 1.29 is 9.53 Å². The molecule has 9 heteroatoms. The Morgan fingerprint density at radius 3 is 2.96 bits per heavy atom. The molecule has 124 valence electrons. The molecule has 0 aromatic carbocycles. The van der Waals surface area contributed by atoms with E-state index in [-0.39, 0.29) is 5.91 Å². The first-order chi connectivity index (χ1) is 12.2. The number of nitrogens with one attached hydrogen (secondary N) is 3. The van der Waals surface area contributed by atoms with Crippen molar-refractivity contribution in [2.75, 3.05) is 12.4 Å². The molecule has 0 aliphatic heterocycles. The summed E-state index contributed by atoms with van der Waals surface area (Å²) in [6.07, 6.45) is 6.27. The van der Waals surface area contributed by atoms with E-state index in [4.69, 9.17) is 4.74 Å². The zero-order chi connectivity index (χ0) is 17.2. The maximum Gasteiger partial charge on any atom is 0.316 e. The van der Waals surface area contributed by atoms with Gasteiger partial charge in [0.1, 0.15) is 5.82 Å². The van der Waals surface area contributed by atoms with Crippen LogP contribution < -0.4 is 10.1 Å². The van der Waals surface area contributed by atoms with Crippen LogP contribution in [-0.4, -0.2) is 43.2 Å². The Morgan fingerprint density at radius 1 is 1.24 bits per heavy atom. The number of hydrogen-bond donors (Lipinski definition) is 3. The van der Waals surface area contributed by atoms with Gasteiger partial charge in [0, 0.05) is 30.0 Å². The summed E-state index contributed by atoms with van der Waals surface area (Å²) in [5.74, 6) is 0.153. The second-order valence-corrected chi connectivity index (χ2v) is 5.21. The summed E-state index contributed by atoms with van der Waals surface area (Å²) in [5, 5.41) is 9.97.